The van der Waals surface area contributed by atoms with Crippen LogP contribution in [0.5, 0.6) is 0 Å². The highest BCUT2D eigenvalue weighted by Gasteiger charge is 2.29. The first kappa shape index (κ1) is 18.8. The summed E-state index contributed by atoms with van der Waals surface area (Å²) in [4.78, 5) is 29.4. The minimum Gasteiger partial charge on any atom is -0.329 e. The number of halogens is 1. The molecule has 2 aromatic rings. The van der Waals surface area contributed by atoms with E-state index in [4.69, 9.17) is 0 Å². The molecule has 0 radical (unpaired) electrons. The van der Waals surface area contributed by atoms with E-state index in [0.717, 1.165) is 5.56 Å². The van der Waals surface area contributed by atoms with E-state index >= 15 is 0 Å². The lowest BCUT2D eigenvalue weighted by molar-refractivity contribution is -0.385. The highest BCUT2D eigenvalue weighted by atomic mass is 35.5. The van der Waals surface area contributed by atoms with Gasteiger partial charge in [-0.2, -0.15) is 0 Å². The van der Waals surface area contributed by atoms with Gasteiger partial charge in [0.25, 0.3) is 11.6 Å². The molecule has 25 heavy (non-hydrogen) atoms. The molecule has 1 amide bonds. The van der Waals surface area contributed by atoms with Crippen molar-refractivity contribution in [1.29, 1.82) is 0 Å². The number of carbonyl (C=O) groups is 1. The third-order valence-electron chi connectivity index (χ3n) is 4.21. The first-order chi connectivity index (χ1) is 11.6. The quantitative estimate of drug-likeness (QED) is 0.669. The van der Waals surface area contributed by atoms with Gasteiger partial charge in [-0.05, 0) is 30.7 Å². The van der Waals surface area contributed by atoms with Gasteiger partial charge in [0.05, 0.1) is 11.0 Å². The van der Waals surface area contributed by atoms with E-state index in [-0.39, 0.29) is 30.0 Å². The number of piperazine rings is 1. The van der Waals surface area contributed by atoms with Crippen molar-refractivity contribution in [3.63, 3.8) is 0 Å². The number of amides is 1. The number of pyridine rings is 1. The first-order valence-electron chi connectivity index (χ1n) is 7.74. The Morgan fingerprint density at radius 3 is 2.84 bits per heavy atom. The highest BCUT2D eigenvalue weighted by Crippen LogP contribution is 2.25. The van der Waals surface area contributed by atoms with Crippen LogP contribution in [0, 0.1) is 17.0 Å². The second-order valence-electron chi connectivity index (χ2n) is 5.76. The lowest BCUT2D eigenvalue weighted by Gasteiger charge is -2.36. The van der Waals surface area contributed by atoms with Crippen LogP contribution < -0.4 is 5.32 Å². The van der Waals surface area contributed by atoms with Crippen LogP contribution in [0.25, 0.3) is 0 Å². The Hall–Kier alpha value is -2.51. The van der Waals surface area contributed by atoms with Crippen LogP contribution in [0.2, 0.25) is 0 Å². The summed E-state index contributed by atoms with van der Waals surface area (Å²) in [5, 5.41) is 14.2. The van der Waals surface area contributed by atoms with Crippen LogP contribution in [0.3, 0.4) is 0 Å². The minimum atomic E-state index is -0.438. The van der Waals surface area contributed by atoms with E-state index in [0.29, 0.717) is 30.8 Å². The van der Waals surface area contributed by atoms with E-state index in [1.807, 2.05) is 12.1 Å². The number of benzene rings is 1. The number of nitrogens with zero attached hydrogens (tertiary/aromatic N) is 3. The van der Waals surface area contributed by atoms with Crippen molar-refractivity contribution >= 4 is 24.0 Å². The molecule has 8 heteroatoms. The first-order valence-corrected chi connectivity index (χ1v) is 7.74. The molecule has 1 aliphatic heterocycles. The molecular formula is C17H19ClN4O3. The molecule has 3 rings (SSSR count). The van der Waals surface area contributed by atoms with Gasteiger partial charge in [-0.15, -0.1) is 12.4 Å². The molecule has 1 unspecified atom stereocenters. The molecule has 1 saturated heterocycles. The molecule has 2 heterocycles. The third-order valence-corrected chi connectivity index (χ3v) is 4.21. The Labute approximate surface area is 151 Å². The molecule has 1 fully saturated rings. The maximum atomic E-state index is 12.9. The van der Waals surface area contributed by atoms with Crippen LogP contribution in [-0.2, 0) is 0 Å². The Kier molecular flexibility index (Phi) is 6.06. The van der Waals surface area contributed by atoms with Crippen molar-refractivity contribution in [2.45, 2.75) is 13.0 Å². The molecule has 1 aromatic heterocycles. The molecule has 7 nitrogen and oxygen atoms in total. The van der Waals surface area contributed by atoms with Gasteiger partial charge in [-0.3, -0.25) is 19.9 Å². The van der Waals surface area contributed by atoms with Crippen LogP contribution in [0.1, 0.15) is 27.5 Å². The maximum Gasteiger partial charge on any atom is 0.272 e. The standard InChI is InChI=1S/C17H18N4O3.ClH/c1-12-9-13(4-5-15(12)21(23)24)17(22)20-8-7-19-11-16(20)14-3-2-6-18-10-14;/h2-6,9-10,16,19H,7-8,11H2,1H3;1H. The lowest BCUT2D eigenvalue weighted by Crippen LogP contribution is -2.48. The Morgan fingerprint density at radius 2 is 2.20 bits per heavy atom. The number of carbonyl (C=O) groups excluding carboxylic acids is 1. The summed E-state index contributed by atoms with van der Waals surface area (Å²) in [6.45, 7) is 3.59. The number of hydrogen-bond donors (Lipinski definition) is 1. The van der Waals surface area contributed by atoms with Gasteiger partial charge in [-0.1, -0.05) is 6.07 Å². The maximum absolute atomic E-state index is 12.9. The number of nitro benzene ring substituents is 1. The average molecular weight is 363 g/mol. The van der Waals surface area contributed by atoms with Gasteiger partial charge < -0.3 is 10.2 Å². The predicted molar refractivity (Wildman–Crippen MR) is 96.0 cm³/mol. The molecule has 0 saturated carbocycles. The van der Waals surface area contributed by atoms with Gasteiger partial charge in [0.1, 0.15) is 0 Å². The number of nitro groups is 1. The number of aromatic nitrogens is 1. The van der Waals surface area contributed by atoms with Crippen molar-refractivity contribution in [2.24, 2.45) is 0 Å². The minimum absolute atomic E-state index is 0. The van der Waals surface area contributed by atoms with Crippen LogP contribution in [0.4, 0.5) is 5.69 Å². The average Bonchev–Trinajstić information content (AvgIpc) is 2.61. The van der Waals surface area contributed by atoms with Crippen molar-refractivity contribution in [2.75, 3.05) is 19.6 Å². The second-order valence-corrected chi connectivity index (χ2v) is 5.76. The summed E-state index contributed by atoms with van der Waals surface area (Å²) in [5.74, 6) is -0.122. The monoisotopic (exact) mass is 362 g/mol. The summed E-state index contributed by atoms with van der Waals surface area (Å²) in [6, 6.07) is 8.20. The molecule has 0 bridgehead atoms. The van der Waals surface area contributed by atoms with Gasteiger partial charge in [0, 0.05) is 49.2 Å². The summed E-state index contributed by atoms with van der Waals surface area (Å²) in [7, 11) is 0. The summed E-state index contributed by atoms with van der Waals surface area (Å²) in [6.07, 6.45) is 3.46. The fourth-order valence-corrected chi connectivity index (χ4v) is 2.98. The molecular weight excluding hydrogens is 344 g/mol. The summed E-state index contributed by atoms with van der Waals surface area (Å²) in [5.41, 5.74) is 1.94. The second kappa shape index (κ2) is 8.04. The Balaban J connectivity index is 0.00000225. The third kappa shape index (κ3) is 3.94. The molecule has 0 aliphatic carbocycles. The van der Waals surface area contributed by atoms with Crippen LogP contribution >= 0.6 is 12.4 Å². The van der Waals surface area contributed by atoms with E-state index < -0.39 is 4.92 Å². The van der Waals surface area contributed by atoms with Crippen LogP contribution in [-0.4, -0.2) is 40.3 Å². The normalized spacial score (nSPS) is 16.8. The van der Waals surface area contributed by atoms with Gasteiger partial charge in [0.2, 0.25) is 0 Å². The van der Waals surface area contributed by atoms with Gasteiger partial charge in [0.15, 0.2) is 0 Å². The van der Waals surface area contributed by atoms with Crippen molar-refractivity contribution < 1.29 is 9.72 Å². The number of rotatable bonds is 3. The summed E-state index contributed by atoms with van der Waals surface area (Å²) >= 11 is 0. The fourth-order valence-electron chi connectivity index (χ4n) is 2.98. The SMILES string of the molecule is Cc1cc(C(=O)N2CCNCC2c2cccnc2)ccc1[N+](=O)[O-].Cl. The van der Waals surface area contributed by atoms with E-state index in [1.54, 1.807) is 30.3 Å². The Morgan fingerprint density at radius 1 is 1.40 bits per heavy atom. The zero-order valence-electron chi connectivity index (χ0n) is 13.7. The molecule has 132 valence electrons. The Bertz CT molecular complexity index is 770. The van der Waals surface area contributed by atoms with E-state index in [2.05, 4.69) is 10.3 Å². The number of hydrogen-bond acceptors (Lipinski definition) is 5. The molecule has 1 aromatic carbocycles. The largest absolute Gasteiger partial charge is 0.329 e. The van der Waals surface area contributed by atoms with Crippen molar-refractivity contribution in [1.82, 2.24) is 15.2 Å². The molecule has 1 N–H and O–H groups in total. The highest BCUT2D eigenvalue weighted by molar-refractivity contribution is 5.95. The fraction of sp³-hybridized carbons (Fsp3) is 0.294. The van der Waals surface area contributed by atoms with Crippen molar-refractivity contribution in [3.8, 4) is 0 Å². The van der Waals surface area contributed by atoms with Crippen molar-refractivity contribution in [3.05, 3.63) is 69.5 Å². The molecule has 1 aliphatic rings. The van der Waals surface area contributed by atoms with Gasteiger partial charge >= 0.3 is 0 Å². The smallest absolute Gasteiger partial charge is 0.272 e. The van der Waals surface area contributed by atoms with E-state index in [1.165, 1.54) is 12.1 Å². The number of nitrogens with one attached hydrogen (secondary N) is 1. The molecule has 0 spiro atoms. The zero-order valence-corrected chi connectivity index (χ0v) is 14.5. The van der Waals surface area contributed by atoms with Gasteiger partial charge in [-0.25, -0.2) is 0 Å². The predicted octanol–water partition coefficient (Wildman–Crippen LogP) is 2.51. The molecule has 1 atom stereocenters. The topological polar surface area (TPSA) is 88.4 Å². The van der Waals surface area contributed by atoms with E-state index in [9.17, 15) is 14.9 Å². The lowest BCUT2D eigenvalue weighted by atomic mass is 10.0. The number of aryl methyl sites for hydroxylation is 1. The zero-order chi connectivity index (χ0) is 17.1. The van der Waals surface area contributed by atoms with Crippen LogP contribution in [0.15, 0.2) is 42.7 Å². The summed E-state index contributed by atoms with van der Waals surface area (Å²) < 4.78 is 0.